The summed E-state index contributed by atoms with van der Waals surface area (Å²) in [5.74, 6) is 0.0636. The molecule has 3 aromatic rings. The lowest BCUT2D eigenvalue weighted by molar-refractivity contribution is -0.274. The fraction of sp³-hybridized carbons (Fsp3) is 0.348. The summed E-state index contributed by atoms with van der Waals surface area (Å²) in [6.07, 6.45) is -1.64. The van der Waals surface area contributed by atoms with E-state index in [9.17, 15) is 18.0 Å². The molecule has 1 aliphatic carbocycles. The van der Waals surface area contributed by atoms with E-state index in [0.717, 1.165) is 36.0 Å². The van der Waals surface area contributed by atoms with E-state index in [-0.39, 0.29) is 18.8 Å². The summed E-state index contributed by atoms with van der Waals surface area (Å²) in [6, 6.07) is 7.90. The number of aliphatic carboxylic acids is 1. The molecule has 0 radical (unpaired) electrons. The van der Waals surface area contributed by atoms with E-state index in [2.05, 4.69) is 4.74 Å². The molecule has 1 N–H and O–H groups in total. The van der Waals surface area contributed by atoms with Crippen molar-refractivity contribution in [1.29, 1.82) is 0 Å². The zero-order valence-corrected chi connectivity index (χ0v) is 16.8. The maximum absolute atomic E-state index is 12.7. The average molecular weight is 434 g/mol. The van der Waals surface area contributed by atoms with Gasteiger partial charge in [0, 0.05) is 17.4 Å². The molecule has 31 heavy (non-hydrogen) atoms. The van der Waals surface area contributed by atoms with Crippen LogP contribution in [0, 0.1) is 6.92 Å². The van der Waals surface area contributed by atoms with E-state index < -0.39 is 12.3 Å². The number of carboxylic acid groups (broad SMARTS) is 1. The number of carboxylic acids is 1. The Morgan fingerprint density at radius 1 is 1.13 bits per heavy atom. The van der Waals surface area contributed by atoms with Crippen molar-refractivity contribution in [3.8, 4) is 11.5 Å². The Labute approximate surface area is 176 Å². The molecule has 4 rings (SSSR count). The maximum atomic E-state index is 12.7. The van der Waals surface area contributed by atoms with Gasteiger partial charge in [-0.25, -0.2) is 0 Å². The van der Waals surface area contributed by atoms with Gasteiger partial charge in [-0.2, -0.15) is 0 Å². The second-order valence-electron chi connectivity index (χ2n) is 7.62. The van der Waals surface area contributed by atoms with Crippen LogP contribution in [0.1, 0.15) is 40.9 Å². The van der Waals surface area contributed by atoms with Crippen LogP contribution in [0.5, 0.6) is 11.5 Å². The van der Waals surface area contributed by atoms with E-state index in [1.807, 2.05) is 12.1 Å². The van der Waals surface area contributed by atoms with Crippen LogP contribution in [0.15, 0.2) is 34.7 Å². The number of furan rings is 1. The molecule has 0 amide bonds. The molecular weight excluding hydrogens is 413 g/mol. The highest BCUT2D eigenvalue weighted by atomic mass is 19.4. The van der Waals surface area contributed by atoms with Gasteiger partial charge in [0.15, 0.2) is 0 Å². The summed E-state index contributed by atoms with van der Waals surface area (Å²) in [5, 5.41) is 9.46. The number of alkyl halides is 3. The van der Waals surface area contributed by atoms with E-state index in [1.165, 1.54) is 12.1 Å². The van der Waals surface area contributed by atoms with E-state index in [0.29, 0.717) is 34.5 Å². The minimum absolute atomic E-state index is 0.0133. The number of hydrogen-bond donors (Lipinski definition) is 1. The van der Waals surface area contributed by atoms with Crippen LogP contribution in [-0.4, -0.2) is 17.4 Å². The first-order valence-electron chi connectivity index (χ1n) is 9.96. The van der Waals surface area contributed by atoms with Crippen LogP contribution in [0.25, 0.3) is 11.0 Å². The van der Waals surface area contributed by atoms with Gasteiger partial charge in [-0.15, -0.1) is 13.2 Å². The number of rotatable bonds is 7. The first kappa shape index (κ1) is 21.1. The predicted octanol–water partition coefficient (Wildman–Crippen LogP) is 5.72. The van der Waals surface area contributed by atoms with Crippen molar-refractivity contribution in [2.24, 2.45) is 0 Å². The van der Waals surface area contributed by atoms with Gasteiger partial charge >= 0.3 is 12.3 Å². The first-order valence-corrected chi connectivity index (χ1v) is 9.96. The van der Waals surface area contributed by atoms with Gasteiger partial charge in [-0.1, -0.05) is 6.07 Å². The van der Waals surface area contributed by atoms with Gasteiger partial charge in [-0.05, 0) is 73.6 Å². The van der Waals surface area contributed by atoms with E-state index >= 15 is 0 Å². The summed E-state index contributed by atoms with van der Waals surface area (Å²) in [4.78, 5) is 10.9. The van der Waals surface area contributed by atoms with E-state index in [4.69, 9.17) is 14.3 Å². The zero-order valence-electron chi connectivity index (χ0n) is 16.8. The van der Waals surface area contributed by atoms with Crippen molar-refractivity contribution in [3.63, 3.8) is 0 Å². The number of fused-ring (bicyclic) bond motifs is 2. The molecule has 1 aliphatic rings. The standard InChI is InChI=1S/C23H21F3O5/c1-13-9-15-10-17(31-23(24,25)26)11-16(22(15)30-13)12-29-20-7-5-14(6-8-21(27)28)18-3-2-4-19(18)20/h5,7,9-11H,2-4,6,8,12H2,1H3,(H,27,28). The van der Waals surface area contributed by atoms with Crippen molar-refractivity contribution < 1.29 is 37.0 Å². The fourth-order valence-corrected chi connectivity index (χ4v) is 4.14. The second-order valence-corrected chi connectivity index (χ2v) is 7.62. The van der Waals surface area contributed by atoms with Crippen molar-refractivity contribution in [3.05, 3.63) is 58.3 Å². The molecule has 164 valence electrons. The number of halogens is 3. The van der Waals surface area contributed by atoms with Crippen LogP contribution in [-0.2, 0) is 30.7 Å². The third-order valence-corrected chi connectivity index (χ3v) is 5.35. The largest absolute Gasteiger partial charge is 0.573 e. The van der Waals surface area contributed by atoms with Crippen LogP contribution < -0.4 is 9.47 Å². The van der Waals surface area contributed by atoms with Crippen molar-refractivity contribution in [1.82, 2.24) is 0 Å². The second kappa shape index (κ2) is 8.17. The smallest absolute Gasteiger partial charge is 0.488 e. The minimum atomic E-state index is -4.79. The molecule has 1 aromatic heterocycles. The van der Waals surface area contributed by atoms with Crippen molar-refractivity contribution in [2.75, 3.05) is 0 Å². The number of carbonyl (C=O) groups is 1. The molecule has 0 aliphatic heterocycles. The molecule has 8 heteroatoms. The first-order chi connectivity index (χ1) is 14.7. The molecule has 0 spiro atoms. The van der Waals surface area contributed by atoms with Gasteiger partial charge in [0.25, 0.3) is 0 Å². The molecule has 0 atom stereocenters. The summed E-state index contributed by atoms with van der Waals surface area (Å²) < 4.78 is 53.9. The highest BCUT2D eigenvalue weighted by molar-refractivity contribution is 5.83. The molecule has 2 aromatic carbocycles. The summed E-state index contributed by atoms with van der Waals surface area (Å²) >= 11 is 0. The van der Waals surface area contributed by atoms with Gasteiger partial charge in [0.1, 0.15) is 29.4 Å². The SMILES string of the molecule is Cc1cc2cc(OC(F)(F)F)cc(COc3ccc(CCC(=O)O)c4c3CCC4)c2o1. The van der Waals surface area contributed by atoms with Gasteiger partial charge in [-0.3, -0.25) is 4.79 Å². The van der Waals surface area contributed by atoms with Gasteiger partial charge < -0.3 is 19.0 Å². The van der Waals surface area contributed by atoms with Crippen molar-refractivity contribution >= 4 is 16.9 Å². The predicted molar refractivity (Wildman–Crippen MR) is 106 cm³/mol. The average Bonchev–Trinajstić information content (AvgIpc) is 3.29. The monoisotopic (exact) mass is 434 g/mol. The molecular formula is C23H21F3O5. The topological polar surface area (TPSA) is 68.9 Å². The Kier molecular flexibility index (Phi) is 5.56. The van der Waals surface area contributed by atoms with Crippen LogP contribution in [0.4, 0.5) is 13.2 Å². The quantitative estimate of drug-likeness (QED) is 0.515. The number of benzene rings is 2. The lowest BCUT2D eigenvalue weighted by atomic mass is 9.99. The Morgan fingerprint density at radius 2 is 1.90 bits per heavy atom. The molecule has 0 saturated heterocycles. The Morgan fingerprint density at radius 3 is 2.65 bits per heavy atom. The van der Waals surface area contributed by atoms with Gasteiger partial charge in [0.05, 0.1) is 0 Å². The molecule has 5 nitrogen and oxygen atoms in total. The lowest BCUT2D eigenvalue weighted by Gasteiger charge is -2.15. The number of hydrogen-bond acceptors (Lipinski definition) is 4. The third kappa shape index (κ3) is 4.78. The Hall–Kier alpha value is -3.16. The van der Waals surface area contributed by atoms with Crippen molar-refractivity contribution in [2.45, 2.75) is 52.0 Å². The van der Waals surface area contributed by atoms with Gasteiger partial charge in [0.2, 0.25) is 0 Å². The number of ether oxygens (including phenoxy) is 2. The lowest BCUT2D eigenvalue weighted by Crippen LogP contribution is -2.17. The molecule has 0 unspecified atom stereocenters. The summed E-state index contributed by atoms with van der Waals surface area (Å²) in [6.45, 7) is 1.73. The van der Waals surface area contributed by atoms with Crippen LogP contribution >= 0.6 is 0 Å². The third-order valence-electron chi connectivity index (χ3n) is 5.35. The zero-order chi connectivity index (χ0) is 22.2. The molecule has 1 heterocycles. The minimum Gasteiger partial charge on any atom is -0.488 e. The normalized spacial score (nSPS) is 13.4. The Balaban J connectivity index is 1.60. The Bertz CT molecular complexity index is 1130. The van der Waals surface area contributed by atoms with Crippen LogP contribution in [0.3, 0.4) is 0 Å². The fourth-order valence-electron chi connectivity index (χ4n) is 4.14. The van der Waals surface area contributed by atoms with Crippen LogP contribution in [0.2, 0.25) is 0 Å². The molecule has 0 fully saturated rings. The maximum Gasteiger partial charge on any atom is 0.573 e. The highest BCUT2D eigenvalue weighted by Gasteiger charge is 2.31. The summed E-state index contributed by atoms with van der Waals surface area (Å²) in [5.41, 5.74) is 4.07. The molecule has 0 bridgehead atoms. The highest BCUT2D eigenvalue weighted by Crippen LogP contribution is 2.36. The number of aryl methyl sites for hydroxylation is 2. The van der Waals surface area contributed by atoms with E-state index in [1.54, 1.807) is 13.0 Å². The molecule has 0 saturated carbocycles. The summed E-state index contributed by atoms with van der Waals surface area (Å²) in [7, 11) is 0.